The molecule has 0 aliphatic heterocycles. The van der Waals surface area contributed by atoms with Crippen LogP contribution in [-0.4, -0.2) is 18.0 Å². The Kier molecular flexibility index (Phi) is 5.96. The molecule has 1 amide bonds. The molecule has 100 valence electrons. The van der Waals surface area contributed by atoms with Crippen LogP contribution in [0.2, 0.25) is 0 Å². The van der Waals surface area contributed by atoms with Gasteiger partial charge in [-0.05, 0) is 25.2 Å². The Morgan fingerprint density at radius 2 is 1.82 bits per heavy atom. The van der Waals surface area contributed by atoms with Gasteiger partial charge in [0.15, 0.2) is 0 Å². The van der Waals surface area contributed by atoms with Crippen molar-refractivity contribution >= 4 is 5.91 Å². The van der Waals surface area contributed by atoms with Gasteiger partial charge in [-0.15, -0.1) is 0 Å². The topological polar surface area (TPSA) is 55.1 Å². The minimum Gasteiger partial charge on any atom is -0.354 e. The fourth-order valence-electron chi connectivity index (χ4n) is 2.61. The molecule has 0 unspecified atom stereocenters. The van der Waals surface area contributed by atoms with E-state index in [1.165, 1.54) is 32.1 Å². The molecular weight excluding hydrogens is 212 g/mol. The summed E-state index contributed by atoms with van der Waals surface area (Å²) in [6, 6.07) is 0. The molecule has 0 heterocycles. The highest BCUT2D eigenvalue weighted by molar-refractivity contribution is 5.85. The summed E-state index contributed by atoms with van der Waals surface area (Å²) in [4.78, 5) is 11.9. The maximum absolute atomic E-state index is 11.9. The van der Waals surface area contributed by atoms with E-state index in [0.717, 1.165) is 18.9 Å². The van der Waals surface area contributed by atoms with E-state index in [-0.39, 0.29) is 5.91 Å². The number of carbonyl (C=O) groups excluding carboxylic acids is 1. The van der Waals surface area contributed by atoms with Crippen LogP contribution in [0.1, 0.15) is 65.2 Å². The zero-order chi connectivity index (χ0) is 12.7. The maximum Gasteiger partial charge on any atom is 0.240 e. The first-order valence-electron chi connectivity index (χ1n) is 7.19. The number of hydrogen-bond acceptors (Lipinski definition) is 2. The van der Waals surface area contributed by atoms with Crippen LogP contribution in [0, 0.1) is 5.92 Å². The second-order valence-electron chi connectivity index (χ2n) is 5.41. The Balaban J connectivity index is 2.23. The van der Waals surface area contributed by atoms with Crippen molar-refractivity contribution in [1.29, 1.82) is 0 Å². The molecule has 1 saturated carbocycles. The van der Waals surface area contributed by atoms with Gasteiger partial charge in [-0.3, -0.25) is 4.79 Å². The number of amides is 1. The Labute approximate surface area is 106 Å². The minimum absolute atomic E-state index is 0.0262. The molecule has 0 radical (unpaired) electrons. The molecule has 1 aliphatic rings. The van der Waals surface area contributed by atoms with Crippen molar-refractivity contribution in [2.45, 2.75) is 70.8 Å². The highest BCUT2D eigenvalue weighted by atomic mass is 16.2. The third-order valence-electron chi connectivity index (χ3n) is 4.28. The van der Waals surface area contributed by atoms with Crippen LogP contribution >= 0.6 is 0 Å². The molecule has 0 aromatic carbocycles. The molecule has 1 aliphatic carbocycles. The smallest absolute Gasteiger partial charge is 0.240 e. The van der Waals surface area contributed by atoms with Crippen molar-refractivity contribution in [3.05, 3.63) is 0 Å². The van der Waals surface area contributed by atoms with Gasteiger partial charge in [0.2, 0.25) is 5.91 Å². The van der Waals surface area contributed by atoms with Crippen LogP contribution in [0.4, 0.5) is 0 Å². The van der Waals surface area contributed by atoms with Gasteiger partial charge in [-0.2, -0.15) is 0 Å². The van der Waals surface area contributed by atoms with Crippen LogP contribution in [-0.2, 0) is 4.79 Å². The fourth-order valence-corrected chi connectivity index (χ4v) is 2.61. The standard InChI is InChI=1S/C14H28N2O/c1-3-14(15,4-2)13(17)16-11-10-12-8-6-5-7-9-12/h12H,3-11,15H2,1-2H3,(H,16,17). The van der Waals surface area contributed by atoms with Gasteiger partial charge in [0.05, 0.1) is 5.54 Å². The lowest BCUT2D eigenvalue weighted by atomic mass is 9.87. The van der Waals surface area contributed by atoms with E-state index in [1.807, 2.05) is 13.8 Å². The highest BCUT2D eigenvalue weighted by Gasteiger charge is 2.29. The summed E-state index contributed by atoms with van der Waals surface area (Å²) in [6.45, 7) is 4.75. The summed E-state index contributed by atoms with van der Waals surface area (Å²) in [5.74, 6) is 0.845. The number of rotatable bonds is 6. The molecule has 0 saturated heterocycles. The fraction of sp³-hybridized carbons (Fsp3) is 0.929. The molecule has 0 spiro atoms. The average molecular weight is 240 g/mol. The zero-order valence-corrected chi connectivity index (χ0v) is 11.4. The van der Waals surface area contributed by atoms with E-state index >= 15 is 0 Å². The van der Waals surface area contributed by atoms with E-state index < -0.39 is 5.54 Å². The lowest BCUT2D eigenvalue weighted by molar-refractivity contribution is -0.126. The Hall–Kier alpha value is -0.570. The first-order valence-corrected chi connectivity index (χ1v) is 7.19. The molecule has 1 fully saturated rings. The molecule has 1 rings (SSSR count). The summed E-state index contributed by atoms with van der Waals surface area (Å²) in [7, 11) is 0. The van der Waals surface area contributed by atoms with Gasteiger partial charge in [-0.25, -0.2) is 0 Å². The van der Waals surface area contributed by atoms with Crippen LogP contribution in [0.15, 0.2) is 0 Å². The molecule has 0 aromatic heterocycles. The quantitative estimate of drug-likeness (QED) is 0.750. The van der Waals surface area contributed by atoms with Crippen molar-refractivity contribution in [3.8, 4) is 0 Å². The van der Waals surface area contributed by atoms with E-state index in [9.17, 15) is 4.79 Å². The Morgan fingerprint density at radius 3 is 2.35 bits per heavy atom. The number of hydrogen-bond donors (Lipinski definition) is 2. The SMILES string of the molecule is CCC(N)(CC)C(=O)NCCC1CCCCC1. The lowest BCUT2D eigenvalue weighted by Gasteiger charge is -2.26. The van der Waals surface area contributed by atoms with E-state index in [4.69, 9.17) is 5.73 Å². The van der Waals surface area contributed by atoms with Crippen molar-refractivity contribution in [1.82, 2.24) is 5.32 Å². The van der Waals surface area contributed by atoms with Gasteiger partial charge in [0.25, 0.3) is 0 Å². The lowest BCUT2D eigenvalue weighted by Crippen LogP contribution is -2.53. The van der Waals surface area contributed by atoms with Gasteiger partial charge in [0.1, 0.15) is 0 Å². The summed E-state index contributed by atoms with van der Waals surface area (Å²) in [5.41, 5.74) is 5.39. The van der Waals surface area contributed by atoms with Crippen molar-refractivity contribution < 1.29 is 4.79 Å². The number of nitrogens with one attached hydrogen (secondary N) is 1. The van der Waals surface area contributed by atoms with Crippen molar-refractivity contribution in [2.24, 2.45) is 11.7 Å². The largest absolute Gasteiger partial charge is 0.354 e. The number of carbonyl (C=O) groups is 1. The third kappa shape index (κ3) is 4.30. The summed E-state index contributed by atoms with van der Waals surface area (Å²) in [6.07, 6.45) is 9.33. The predicted octanol–water partition coefficient (Wildman–Crippen LogP) is 2.59. The van der Waals surface area contributed by atoms with E-state index in [0.29, 0.717) is 12.8 Å². The van der Waals surface area contributed by atoms with E-state index in [2.05, 4.69) is 5.32 Å². The summed E-state index contributed by atoms with van der Waals surface area (Å²) >= 11 is 0. The minimum atomic E-state index is -0.660. The average Bonchev–Trinajstić information content (AvgIpc) is 2.39. The molecule has 0 aromatic rings. The molecular formula is C14H28N2O. The Morgan fingerprint density at radius 1 is 1.24 bits per heavy atom. The predicted molar refractivity (Wildman–Crippen MR) is 71.7 cm³/mol. The van der Waals surface area contributed by atoms with Crippen LogP contribution < -0.4 is 11.1 Å². The van der Waals surface area contributed by atoms with Gasteiger partial charge in [-0.1, -0.05) is 46.0 Å². The first kappa shape index (κ1) is 14.5. The second kappa shape index (κ2) is 7.00. The molecule has 0 bridgehead atoms. The van der Waals surface area contributed by atoms with Gasteiger partial charge >= 0.3 is 0 Å². The monoisotopic (exact) mass is 240 g/mol. The molecule has 3 N–H and O–H groups in total. The molecule has 3 nitrogen and oxygen atoms in total. The zero-order valence-electron chi connectivity index (χ0n) is 11.4. The summed E-state index contributed by atoms with van der Waals surface area (Å²) < 4.78 is 0. The van der Waals surface area contributed by atoms with Crippen LogP contribution in [0.5, 0.6) is 0 Å². The number of nitrogens with two attached hydrogens (primary N) is 1. The first-order chi connectivity index (χ1) is 8.12. The van der Waals surface area contributed by atoms with Gasteiger partial charge in [0, 0.05) is 6.54 Å². The highest BCUT2D eigenvalue weighted by Crippen LogP contribution is 2.25. The molecule has 17 heavy (non-hydrogen) atoms. The summed E-state index contributed by atoms with van der Waals surface area (Å²) in [5, 5.41) is 3.01. The third-order valence-corrected chi connectivity index (χ3v) is 4.28. The molecule has 3 heteroatoms. The normalized spacial score (nSPS) is 18.1. The maximum atomic E-state index is 11.9. The molecule has 0 atom stereocenters. The van der Waals surface area contributed by atoms with Crippen molar-refractivity contribution in [3.63, 3.8) is 0 Å². The second-order valence-corrected chi connectivity index (χ2v) is 5.41. The van der Waals surface area contributed by atoms with Crippen molar-refractivity contribution in [2.75, 3.05) is 6.54 Å². The van der Waals surface area contributed by atoms with Crippen LogP contribution in [0.25, 0.3) is 0 Å². The van der Waals surface area contributed by atoms with Crippen LogP contribution in [0.3, 0.4) is 0 Å². The van der Waals surface area contributed by atoms with Gasteiger partial charge < -0.3 is 11.1 Å². The van der Waals surface area contributed by atoms with E-state index in [1.54, 1.807) is 0 Å². The Bertz CT molecular complexity index is 230.